The van der Waals surface area contributed by atoms with Crippen LogP contribution in [0.4, 0.5) is 5.69 Å². The van der Waals surface area contributed by atoms with Crippen molar-refractivity contribution in [2.24, 2.45) is 0 Å². The number of hydrogen-bond donors (Lipinski definition) is 2. The van der Waals surface area contributed by atoms with Crippen LogP contribution in [0.1, 0.15) is 23.0 Å². The van der Waals surface area contributed by atoms with Gasteiger partial charge in [-0.05, 0) is 18.6 Å². The van der Waals surface area contributed by atoms with E-state index in [0.717, 1.165) is 0 Å². The van der Waals surface area contributed by atoms with Gasteiger partial charge in [0.15, 0.2) is 5.69 Å². The number of carboxylic acids is 1. The number of amides is 1. The maximum absolute atomic E-state index is 10.7. The zero-order valence-corrected chi connectivity index (χ0v) is 7.87. The highest BCUT2D eigenvalue weighted by Gasteiger charge is 2.09. The average Bonchev–Trinajstić information content (AvgIpc) is 2.01. The summed E-state index contributed by atoms with van der Waals surface area (Å²) in [6, 6.07) is 1.57. The predicted molar refractivity (Wildman–Crippen MR) is 50.2 cm³/mol. The van der Waals surface area contributed by atoms with Gasteiger partial charge in [0.25, 0.3) is 0 Å². The Hall–Kier alpha value is -1.91. The lowest BCUT2D eigenvalue weighted by atomic mass is 10.2. The molecule has 1 amide bonds. The van der Waals surface area contributed by atoms with E-state index in [2.05, 4.69) is 10.3 Å². The standard InChI is InChI=1S/C9H10N2O3/c1-5-3-7(11-6(2)12)4-10-8(5)9(13)14/h3-4H,1-2H3,(H,11,12)(H,13,14). The molecule has 0 aliphatic rings. The lowest BCUT2D eigenvalue weighted by Crippen LogP contribution is -2.09. The molecule has 0 aliphatic carbocycles. The van der Waals surface area contributed by atoms with E-state index in [1.807, 2.05) is 0 Å². The highest BCUT2D eigenvalue weighted by molar-refractivity contribution is 5.90. The number of anilines is 1. The lowest BCUT2D eigenvalue weighted by molar-refractivity contribution is -0.114. The van der Waals surface area contributed by atoms with E-state index in [1.165, 1.54) is 13.1 Å². The summed E-state index contributed by atoms with van der Waals surface area (Å²) in [5, 5.41) is 11.2. The number of aromatic nitrogens is 1. The highest BCUT2D eigenvalue weighted by atomic mass is 16.4. The van der Waals surface area contributed by atoms with Crippen molar-refractivity contribution in [3.63, 3.8) is 0 Å². The van der Waals surface area contributed by atoms with Crippen LogP contribution in [0, 0.1) is 6.92 Å². The zero-order chi connectivity index (χ0) is 10.7. The molecule has 1 heterocycles. The second-order valence-corrected chi connectivity index (χ2v) is 2.88. The van der Waals surface area contributed by atoms with Crippen LogP contribution in [0.3, 0.4) is 0 Å². The van der Waals surface area contributed by atoms with E-state index in [0.29, 0.717) is 11.3 Å². The molecule has 0 aliphatic heterocycles. The van der Waals surface area contributed by atoms with E-state index in [-0.39, 0.29) is 11.6 Å². The summed E-state index contributed by atoms with van der Waals surface area (Å²) in [5.74, 6) is -1.29. The smallest absolute Gasteiger partial charge is 0.354 e. The number of pyridine rings is 1. The van der Waals surface area contributed by atoms with Crippen LogP contribution in [-0.4, -0.2) is 22.0 Å². The Kier molecular flexibility index (Phi) is 2.81. The van der Waals surface area contributed by atoms with Crippen molar-refractivity contribution in [1.82, 2.24) is 4.98 Å². The van der Waals surface area contributed by atoms with Crippen LogP contribution < -0.4 is 5.32 Å². The molecule has 0 aromatic carbocycles. The van der Waals surface area contributed by atoms with Gasteiger partial charge < -0.3 is 10.4 Å². The van der Waals surface area contributed by atoms with Gasteiger partial charge in [-0.3, -0.25) is 4.79 Å². The maximum Gasteiger partial charge on any atom is 0.354 e. The summed E-state index contributed by atoms with van der Waals surface area (Å²) < 4.78 is 0. The third kappa shape index (κ3) is 2.29. The van der Waals surface area contributed by atoms with E-state index in [1.54, 1.807) is 13.0 Å². The first-order valence-electron chi connectivity index (χ1n) is 3.98. The molecule has 14 heavy (non-hydrogen) atoms. The van der Waals surface area contributed by atoms with Gasteiger partial charge in [-0.25, -0.2) is 9.78 Å². The third-order valence-electron chi connectivity index (χ3n) is 1.60. The van der Waals surface area contributed by atoms with Crippen molar-refractivity contribution in [2.45, 2.75) is 13.8 Å². The molecule has 0 saturated heterocycles. The van der Waals surface area contributed by atoms with E-state index in [4.69, 9.17) is 5.11 Å². The normalized spacial score (nSPS) is 9.57. The van der Waals surface area contributed by atoms with Gasteiger partial charge in [-0.2, -0.15) is 0 Å². The molecule has 0 radical (unpaired) electrons. The van der Waals surface area contributed by atoms with Gasteiger partial charge in [-0.15, -0.1) is 0 Å². The van der Waals surface area contributed by atoms with Crippen molar-refractivity contribution in [3.05, 3.63) is 23.5 Å². The first kappa shape index (κ1) is 10.2. The molecule has 2 N–H and O–H groups in total. The highest BCUT2D eigenvalue weighted by Crippen LogP contribution is 2.11. The summed E-state index contributed by atoms with van der Waals surface area (Å²) in [5.41, 5.74) is 1.02. The minimum Gasteiger partial charge on any atom is -0.477 e. The molecular weight excluding hydrogens is 184 g/mol. The van der Waals surface area contributed by atoms with Crippen molar-refractivity contribution < 1.29 is 14.7 Å². The quantitative estimate of drug-likeness (QED) is 0.737. The molecule has 0 fully saturated rings. The number of aromatic carboxylic acids is 1. The van der Waals surface area contributed by atoms with Crippen LogP contribution in [0.5, 0.6) is 0 Å². The van der Waals surface area contributed by atoms with E-state index in [9.17, 15) is 9.59 Å². The minimum atomic E-state index is -1.07. The Labute approximate surface area is 80.8 Å². The Balaban J connectivity index is 3.00. The van der Waals surface area contributed by atoms with Crippen LogP contribution in [0.25, 0.3) is 0 Å². The molecule has 1 aromatic heterocycles. The number of nitrogens with zero attached hydrogens (tertiary/aromatic N) is 1. The fraction of sp³-hybridized carbons (Fsp3) is 0.222. The summed E-state index contributed by atoms with van der Waals surface area (Å²) in [6.45, 7) is 3.00. The molecule has 0 saturated carbocycles. The Morgan fingerprint density at radius 3 is 2.57 bits per heavy atom. The Morgan fingerprint density at radius 1 is 1.50 bits per heavy atom. The first-order valence-corrected chi connectivity index (χ1v) is 3.98. The van der Waals surface area contributed by atoms with Gasteiger partial charge in [0.2, 0.25) is 5.91 Å². The number of nitrogens with one attached hydrogen (secondary N) is 1. The van der Waals surface area contributed by atoms with Crippen molar-refractivity contribution >= 4 is 17.6 Å². The van der Waals surface area contributed by atoms with Gasteiger partial charge >= 0.3 is 5.97 Å². The second kappa shape index (κ2) is 3.87. The number of hydrogen-bond acceptors (Lipinski definition) is 3. The number of rotatable bonds is 2. The molecule has 0 unspecified atom stereocenters. The molecule has 5 heteroatoms. The number of aryl methyl sites for hydroxylation is 1. The maximum atomic E-state index is 10.7. The average molecular weight is 194 g/mol. The summed E-state index contributed by atoms with van der Waals surface area (Å²) in [4.78, 5) is 25.0. The number of carbonyl (C=O) groups is 2. The van der Waals surface area contributed by atoms with Gasteiger partial charge in [0.05, 0.1) is 11.9 Å². The predicted octanol–water partition coefficient (Wildman–Crippen LogP) is 1.05. The summed E-state index contributed by atoms with van der Waals surface area (Å²) in [6.07, 6.45) is 1.32. The Bertz CT molecular complexity index is 388. The lowest BCUT2D eigenvalue weighted by Gasteiger charge is -2.04. The first-order chi connectivity index (χ1) is 6.50. The second-order valence-electron chi connectivity index (χ2n) is 2.88. The molecular formula is C9H10N2O3. The minimum absolute atomic E-state index is 0.000831. The summed E-state index contributed by atoms with van der Waals surface area (Å²) >= 11 is 0. The van der Waals surface area contributed by atoms with Crippen molar-refractivity contribution in [1.29, 1.82) is 0 Å². The van der Waals surface area contributed by atoms with Crippen LogP contribution in [0.2, 0.25) is 0 Å². The molecule has 1 rings (SSSR count). The topological polar surface area (TPSA) is 79.3 Å². The van der Waals surface area contributed by atoms with Gasteiger partial charge in [0, 0.05) is 6.92 Å². The molecule has 5 nitrogen and oxygen atoms in total. The van der Waals surface area contributed by atoms with Crippen molar-refractivity contribution in [3.8, 4) is 0 Å². The van der Waals surface area contributed by atoms with Crippen LogP contribution >= 0.6 is 0 Å². The fourth-order valence-corrected chi connectivity index (χ4v) is 1.07. The number of carboxylic acid groups (broad SMARTS) is 1. The summed E-state index contributed by atoms with van der Waals surface area (Å²) in [7, 11) is 0. The van der Waals surface area contributed by atoms with E-state index < -0.39 is 5.97 Å². The monoisotopic (exact) mass is 194 g/mol. The number of carbonyl (C=O) groups excluding carboxylic acids is 1. The third-order valence-corrected chi connectivity index (χ3v) is 1.60. The molecule has 0 bridgehead atoms. The van der Waals surface area contributed by atoms with Crippen LogP contribution in [0.15, 0.2) is 12.3 Å². The van der Waals surface area contributed by atoms with Crippen molar-refractivity contribution in [2.75, 3.05) is 5.32 Å². The molecule has 0 atom stereocenters. The van der Waals surface area contributed by atoms with Gasteiger partial charge in [0.1, 0.15) is 0 Å². The van der Waals surface area contributed by atoms with E-state index >= 15 is 0 Å². The largest absolute Gasteiger partial charge is 0.477 e. The molecule has 74 valence electrons. The van der Waals surface area contributed by atoms with Gasteiger partial charge in [-0.1, -0.05) is 0 Å². The Morgan fingerprint density at radius 2 is 2.14 bits per heavy atom. The SMILES string of the molecule is CC(=O)Nc1cnc(C(=O)O)c(C)c1. The van der Waals surface area contributed by atoms with Crippen LogP contribution in [-0.2, 0) is 4.79 Å². The molecule has 1 aromatic rings. The molecule has 0 spiro atoms. The zero-order valence-electron chi connectivity index (χ0n) is 7.87. The fourth-order valence-electron chi connectivity index (χ4n) is 1.07.